The third-order valence-electron chi connectivity index (χ3n) is 5.19. The Morgan fingerprint density at radius 3 is 2.23 bits per heavy atom. The van der Waals surface area contributed by atoms with Crippen molar-refractivity contribution in [1.29, 1.82) is 0 Å². The number of benzene rings is 2. The minimum absolute atomic E-state index is 0.00627. The van der Waals surface area contributed by atoms with Crippen LogP contribution in [0.3, 0.4) is 0 Å². The Bertz CT molecular complexity index is 904. The van der Waals surface area contributed by atoms with E-state index in [1.165, 1.54) is 0 Å². The van der Waals surface area contributed by atoms with Crippen LogP contribution in [0.25, 0.3) is 0 Å². The zero-order valence-corrected chi connectivity index (χ0v) is 20.0. The summed E-state index contributed by atoms with van der Waals surface area (Å²) in [7, 11) is 0. The smallest absolute Gasteiger partial charge is 0.261 e. The number of halogens is 1. The first-order valence-corrected chi connectivity index (χ1v) is 11.1. The lowest BCUT2D eigenvalue weighted by Crippen LogP contribution is -2.51. The summed E-state index contributed by atoms with van der Waals surface area (Å²) < 4.78 is 5.81. The molecule has 0 heterocycles. The van der Waals surface area contributed by atoms with E-state index >= 15 is 0 Å². The number of amides is 2. The van der Waals surface area contributed by atoms with Crippen LogP contribution in [-0.4, -0.2) is 35.4 Å². The molecule has 2 rings (SSSR count). The highest BCUT2D eigenvalue weighted by Gasteiger charge is 2.29. The van der Waals surface area contributed by atoms with Crippen molar-refractivity contribution in [3.63, 3.8) is 0 Å². The standard InChI is InChI=1S/C25H33ClN2O3/c1-7-22(25(30)27-16(2)3)28(14-20-11-9-8-10-17(20)4)23(29)15-31-21-12-18(5)24(26)19(6)13-21/h8-13,16,22H,7,14-15H2,1-6H3,(H,27,30). The summed E-state index contributed by atoms with van der Waals surface area (Å²) in [4.78, 5) is 27.7. The number of hydrogen-bond acceptors (Lipinski definition) is 3. The molecule has 5 nitrogen and oxygen atoms in total. The molecule has 2 amide bonds. The van der Waals surface area contributed by atoms with E-state index in [4.69, 9.17) is 16.3 Å². The topological polar surface area (TPSA) is 58.6 Å². The highest BCUT2D eigenvalue weighted by Crippen LogP contribution is 2.26. The van der Waals surface area contributed by atoms with Gasteiger partial charge in [0.2, 0.25) is 5.91 Å². The van der Waals surface area contributed by atoms with Crippen LogP contribution in [-0.2, 0) is 16.1 Å². The lowest BCUT2D eigenvalue weighted by atomic mass is 10.1. The van der Waals surface area contributed by atoms with Crippen LogP contribution in [0.4, 0.5) is 0 Å². The van der Waals surface area contributed by atoms with Crippen molar-refractivity contribution < 1.29 is 14.3 Å². The normalized spacial score (nSPS) is 11.9. The third-order valence-corrected chi connectivity index (χ3v) is 5.79. The first-order chi connectivity index (χ1) is 14.6. The van der Waals surface area contributed by atoms with Crippen LogP contribution in [0.1, 0.15) is 49.4 Å². The van der Waals surface area contributed by atoms with Crippen LogP contribution in [0, 0.1) is 20.8 Å². The van der Waals surface area contributed by atoms with E-state index < -0.39 is 6.04 Å². The fraction of sp³-hybridized carbons (Fsp3) is 0.440. The Hall–Kier alpha value is -2.53. The van der Waals surface area contributed by atoms with Gasteiger partial charge in [0, 0.05) is 17.6 Å². The van der Waals surface area contributed by atoms with Gasteiger partial charge in [0.15, 0.2) is 6.61 Å². The Kier molecular flexibility index (Phi) is 8.93. The van der Waals surface area contributed by atoms with Crippen LogP contribution in [0.5, 0.6) is 5.75 Å². The van der Waals surface area contributed by atoms with E-state index in [0.29, 0.717) is 23.7 Å². The van der Waals surface area contributed by atoms with Crippen molar-refractivity contribution in [2.24, 2.45) is 0 Å². The molecule has 0 aliphatic carbocycles. The molecule has 1 N–H and O–H groups in total. The predicted octanol–water partition coefficient (Wildman–Crippen LogP) is 4.98. The molecule has 1 atom stereocenters. The molecule has 0 aliphatic rings. The molecule has 0 fully saturated rings. The minimum Gasteiger partial charge on any atom is -0.484 e. The van der Waals surface area contributed by atoms with Crippen molar-refractivity contribution in [2.45, 2.75) is 66.6 Å². The summed E-state index contributed by atoms with van der Waals surface area (Å²) in [6, 6.07) is 10.9. The Morgan fingerprint density at radius 1 is 1.06 bits per heavy atom. The number of nitrogens with one attached hydrogen (secondary N) is 1. The van der Waals surface area contributed by atoms with E-state index in [-0.39, 0.29) is 24.5 Å². The van der Waals surface area contributed by atoms with Gasteiger partial charge in [-0.3, -0.25) is 9.59 Å². The average molecular weight is 445 g/mol. The van der Waals surface area contributed by atoms with Crippen molar-refractivity contribution in [3.8, 4) is 5.75 Å². The van der Waals surface area contributed by atoms with Crippen LogP contribution in [0.2, 0.25) is 5.02 Å². The average Bonchev–Trinajstić information content (AvgIpc) is 2.70. The maximum absolute atomic E-state index is 13.3. The molecule has 0 aromatic heterocycles. The number of nitrogens with zero attached hydrogens (tertiary/aromatic N) is 1. The minimum atomic E-state index is -0.577. The van der Waals surface area contributed by atoms with E-state index in [0.717, 1.165) is 22.3 Å². The van der Waals surface area contributed by atoms with Crippen molar-refractivity contribution in [1.82, 2.24) is 10.2 Å². The Morgan fingerprint density at radius 2 is 1.68 bits per heavy atom. The molecule has 31 heavy (non-hydrogen) atoms. The van der Waals surface area contributed by atoms with E-state index in [1.807, 2.05) is 77.9 Å². The van der Waals surface area contributed by atoms with Gasteiger partial charge in [0.1, 0.15) is 11.8 Å². The molecule has 0 saturated heterocycles. The van der Waals surface area contributed by atoms with Gasteiger partial charge in [0.25, 0.3) is 5.91 Å². The van der Waals surface area contributed by atoms with Crippen LogP contribution in [0.15, 0.2) is 36.4 Å². The lowest BCUT2D eigenvalue weighted by Gasteiger charge is -2.31. The molecule has 0 aliphatic heterocycles. The van der Waals surface area contributed by atoms with E-state index in [1.54, 1.807) is 4.90 Å². The molecule has 168 valence electrons. The molecular formula is C25H33ClN2O3. The van der Waals surface area contributed by atoms with E-state index in [9.17, 15) is 9.59 Å². The second-order valence-electron chi connectivity index (χ2n) is 8.20. The maximum Gasteiger partial charge on any atom is 0.261 e. The zero-order chi connectivity index (χ0) is 23.1. The SMILES string of the molecule is CCC(C(=O)NC(C)C)N(Cc1ccccc1C)C(=O)COc1cc(C)c(Cl)c(C)c1. The van der Waals surface area contributed by atoms with E-state index in [2.05, 4.69) is 5.32 Å². The maximum atomic E-state index is 13.3. The summed E-state index contributed by atoms with van der Waals surface area (Å²) in [5.41, 5.74) is 3.86. The number of aryl methyl sites for hydroxylation is 3. The summed E-state index contributed by atoms with van der Waals surface area (Å²) in [5, 5.41) is 3.63. The van der Waals surface area contributed by atoms with Crippen molar-refractivity contribution >= 4 is 23.4 Å². The lowest BCUT2D eigenvalue weighted by molar-refractivity contribution is -0.143. The first kappa shape index (κ1) is 24.7. The Labute approximate surface area is 190 Å². The largest absolute Gasteiger partial charge is 0.484 e. The molecule has 0 radical (unpaired) electrons. The third kappa shape index (κ3) is 6.73. The highest BCUT2D eigenvalue weighted by atomic mass is 35.5. The van der Waals surface area contributed by atoms with Crippen molar-refractivity contribution in [3.05, 3.63) is 63.7 Å². The van der Waals surface area contributed by atoms with Gasteiger partial charge in [-0.1, -0.05) is 42.8 Å². The van der Waals surface area contributed by atoms with Gasteiger partial charge in [0.05, 0.1) is 0 Å². The number of rotatable bonds is 9. The monoisotopic (exact) mass is 444 g/mol. The summed E-state index contributed by atoms with van der Waals surface area (Å²) in [6.07, 6.45) is 0.509. The van der Waals surface area contributed by atoms with Gasteiger partial charge in [-0.05, 0) is 75.4 Å². The first-order valence-electron chi connectivity index (χ1n) is 10.7. The molecule has 1 unspecified atom stereocenters. The summed E-state index contributed by atoms with van der Waals surface area (Å²) in [5.74, 6) is 0.195. The molecular weight excluding hydrogens is 412 g/mol. The van der Waals surface area contributed by atoms with Crippen molar-refractivity contribution in [2.75, 3.05) is 6.61 Å². The number of carbonyl (C=O) groups excluding carboxylic acids is 2. The van der Waals surface area contributed by atoms with Gasteiger partial charge < -0.3 is 15.0 Å². The number of hydrogen-bond donors (Lipinski definition) is 1. The van der Waals surface area contributed by atoms with Gasteiger partial charge in [-0.2, -0.15) is 0 Å². The molecule has 0 bridgehead atoms. The molecule has 0 saturated carbocycles. The van der Waals surface area contributed by atoms with Crippen LogP contribution < -0.4 is 10.1 Å². The predicted molar refractivity (Wildman–Crippen MR) is 126 cm³/mol. The Balaban J connectivity index is 2.26. The molecule has 2 aromatic rings. The quantitative estimate of drug-likeness (QED) is 0.593. The fourth-order valence-electron chi connectivity index (χ4n) is 3.49. The van der Waals surface area contributed by atoms with Gasteiger partial charge in [-0.15, -0.1) is 0 Å². The van der Waals surface area contributed by atoms with Gasteiger partial charge >= 0.3 is 0 Å². The molecule has 0 spiro atoms. The highest BCUT2D eigenvalue weighted by molar-refractivity contribution is 6.32. The zero-order valence-electron chi connectivity index (χ0n) is 19.3. The van der Waals surface area contributed by atoms with Gasteiger partial charge in [-0.25, -0.2) is 0 Å². The number of ether oxygens (including phenoxy) is 1. The molecule has 6 heteroatoms. The summed E-state index contributed by atoms with van der Waals surface area (Å²) in [6.45, 7) is 11.7. The number of carbonyl (C=O) groups is 2. The van der Waals surface area contributed by atoms with Crippen LogP contribution >= 0.6 is 11.6 Å². The fourth-order valence-corrected chi connectivity index (χ4v) is 3.60. The summed E-state index contributed by atoms with van der Waals surface area (Å²) >= 11 is 6.23. The second-order valence-corrected chi connectivity index (χ2v) is 8.57. The molecule has 2 aromatic carbocycles. The second kappa shape index (κ2) is 11.2.